The zero-order chi connectivity index (χ0) is 14.5. The van der Waals surface area contributed by atoms with Gasteiger partial charge >= 0.3 is 0 Å². The smallest absolute Gasteiger partial charge is 0.246 e. The van der Waals surface area contributed by atoms with E-state index in [-0.39, 0.29) is 17.9 Å². The van der Waals surface area contributed by atoms with Crippen molar-refractivity contribution < 1.29 is 14.6 Å². The Morgan fingerprint density at radius 3 is 3.00 bits per heavy atom. The molecule has 108 valence electrons. The van der Waals surface area contributed by atoms with Crippen LogP contribution in [0.15, 0.2) is 30.3 Å². The number of carbonyl (C=O) groups is 1. The third kappa shape index (κ3) is 3.61. The Hall–Kier alpha value is -1.81. The van der Waals surface area contributed by atoms with Gasteiger partial charge in [-0.1, -0.05) is 19.1 Å². The van der Waals surface area contributed by atoms with Crippen molar-refractivity contribution in [2.24, 2.45) is 5.92 Å². The summed E-state index contributed by atoms with van der Waals surface area (Å²) in [5, 5.41) is 9.67. The van der Waals surface area contributed by atoms with Gasteiger partial charge in [0.2, 0.25) is 5.91 Å². The topological polar surface area (TPSA) is 49.8 Å². The lowest BCUT2D eigenvalue weighted by atomic mass is 9.97. The predicted molar refractivity (Wildman–Crippen MR) is 78.4 cm³/mol. The molecule has 1 aromatic carbocycles. The molecular weight excluding hydrogens is 254 g/mol. The second-order valence-corrected chi connectivity index (χ2v) is 5.23. The van der Waals surface area contributed by atoms with Crippen molar-refractivity contribution in [3.8, 4) is 5.75 Å². The maximum atomic E-state index is 12.1. The molecule has 1 aliphatic heterocycles. The number of hydrogen-bond acceptors (Lipinski definition) is 3. The lowest BCUT2D eigenvalue weighted by Gasteiger charge is -2.33. The van der Waals surface area contributed by atoms with Gasteiger partial charge in [-0.2, -0.15) is 0 Å². The van der Waals surface area contributed by atoms with Gasteiger partial charge in [-0.15, -0.1) is 0 Å². The van der Waals surface area contributed by atoms with Crippen molar-refractivity contribution in [3.05, 3.63) is 35.9 Å². The number of aliphatic hydroxyl groups is 1. The monoisotopic (exact) mass is 275 g/mol. The van der Waals surface area contributed by atoms with Crippen molar-refractivity contribution in [2.45, 2.75) is 19.4 Å². The number of amides is 1. The number of nitrogens with zero attached hydrogens (tertiary/aromatic N) is 1. The van der Waals surface area contributed by atoms with E-state index in [0.29, 0.717) is 19.5 Å². The van der Waals surface area contributed by atoms with Gasteiger partial charge in [0.15, 0.2) is 0 Å². The summed E-state index contributed by atoms with van der Waals surface area (Å²) >= 11 is 0. The molecule has 0 aromatic heterocycles. The molecule has 2 unspecified atom stereocenters. The molecule has 0 saturated carbocycles. The lowest BCUT2D eigenvalue weighted by molar-refractivity contribution is -0.129. The first-order valence-electron chi connectivity index (χ1n) is 6.89. The number of benzene rings is 1. The van der Waals surface area contributed by atoms with Crippen LogP contribution in [-0.4, -0.2) is 42.2 Å². The summed E-state index contributed by atoms with van der Waals surface area (Å²) in [6.45, 7) is 3.20. The molecule has 2 rings (SSSR count). The van der Waals surface area contributed by atoms with Gasteiger partial charge in [0.1, 0.15) is 5.75 Å². The van der Waals surface area contributed by atoms with E-state index in [2.05, 4.69) is 0 Å². The number of methoxy groups -OCH3 is 1. The van der Waals surface area contributed by atoms with Gasteiger partial charge in [-0.3, -0.25) is 4.79 Å². The molecule has 1 N–H and O–H groups in total. The van der Waals surface area contributed by atoms with Crippen LogP contribution in [0.1, 0.15) is 18.9 Å². The van der Waals surface area contributed by atoms with Crippen molar-refractivity contribution in [2.75, 3.05) is 20.2 Å². The predicted octanol–water partition coefficient (Wildman–Crippen LogP) is 1.94. The summed E-state index contributed by atoms with van der Waals surface area (Å²) in [6, 6.07) is 7.57. The Balaban J connectivity index is 1.98. The molecule has 1 saturated heterocycles. The largest absolute Gasteiger partial charge is 0.497 e. The number of hydrogen-bond donors (Lipinski definition) is 1. The second-order valence-electron chi connectivity index (χ2n) is 5.23. The standard InChI is InChI=1S/C16H21NO3/c1-12-11-17(9-8-15(12)18)16(19)7-6-13-4-3-5-14(10-13)20-2/h3-7,10,12,15,18H,8-9,11H2,1-2H3/b7-6+. The summed E-state index contributed by atoms with van der Waals surface area (Å²) in [7, 11) is 1.62. The Labute approximate surface area is 119 Å². The van der Waals surface area contributed by atoms with E-state index in [4.69, 9.17) is 4.74 Å². The van der Waals surface area contributed by atoms with Crippen molar-refractivity contribution >= 4 is 12.0 Å². The minimum absolute atomic E-state index is 0.00781. The Morgan fingerprint density at radius 1 is 1.50 bits per heavy atom. The molecule has 20 heavy (non-hydrogen) atoms. The van der Waals surface area contributed by atoms with Crippen molar-refractivity contribution in [1.82, 2.24) is 4.90 Å². The fourth-order valence-corrected chi connectivity index (χ4v) is 2.35. The molecule has 1 amide bonds. The number of ether oxygens (including phenoxy) is 1. The van der Waals surface area contributed by atoms with Crippen LogP contribution in [0.5, 0.6) is 5.75 Å². The zero-order valence-corrected chi connectivity index (χ0v) is 12.0. The van der Waals surface area contributed by atoms with E-state index in [9.17, 15) is 9.90 Å². The van der Waals surface area contributed by atoms with Gasteiger partial charge in [0.05, 0.1) is 13.2 Å². The van der Waals surface area contributed by atoms with Crippen LogP contribution in [0.4, 0.5) is 0 Å². The van der Waals surface area contributed by atoms with Gasteiger partial charge in [-0.25, -0.2) is 0 Å². The average Bonchev–Trinajstić information content (AvgIpc) is 2.47. The number of aliphatic hydroxyl groups excluding tert-OH is 1. The maximum absolute atomic E-state index is 12.1. The van der Waals surface area contributed by atoms with E-state index in [1.807, 2.05) is 31.2 Å². The minimum atomic E-state index is -0.290. The van der Waals surface area contributed by atoms with Crippen molar-refractivity contribution in [1.29, 1.82) is 0 Å². The summed E-state index contributed by atoms with van der Waals surface area (Å²) in [6.07, 6.45) is 3.74. The van der Waals surface area contributed by atoms with Gasteiger partial charge in [0, 0.05) is 19.2 Å². The quantitative estimate of drug-likeness (QED) is 0.858. The lowest BCUT2D eigenvalue weighted by Crippen LogP contribution is -2.44. The normalized spacial score (nSPS) is 23.1. The fraction of sp³-hybridized carbons (Fsp3) is 0.438. The van der Waals surface area contributed by atoms with Crippen LogP contribution < -0.4 is 4.74 Å². The molecule has 0 aliphatic carbocycles. The first-order valence-corrected chi connectivity index (χ1v) is 6.89. The molecule has 0 bridgehead atoms. The third-order valence-electron chi connectivity index (χ3n) is 3.68. The van der Waals surface area contributed by atoms with Crippen LogP contribution in [0.3, 0.4) is 0 Å². The van der Waals surface area contributed by atoms with Gasteiger partial charge in [0.25, 0.3) is 0 Å². The molecule has 1 aliphatic rings. The molecule has 2 atom stereocenters. The summed E-state index contributed by atoms with van der Waals surface area (Å²) < 4.78 is 5.15. The van der Waals surface area contributed by atoms with Gasteiger partial charge in [-0.05, 0) is 36.1 Å². The number of rotatable bonds is 3. The third-order valence-corrected chi connectivity index (χ3v) is 3.68. The highest BCUT2D eigenvalue weighted by Crippen LogP contribution is 2.17. The molecule has 0 spiro atoms. The first kappa shape index (κ1) is 14.6. The van der Waals surface area contributed by atoms with E-state index in [0.717, 1.165) is 11.3 Å². The van der Waals surface area contributed by atoms with E-state index in [1.165, 1.54) is 0 Å². The van der Waals surface area contributed by atoms with E-state index < -0.39 is 0 Å². The summed E-state index contributed by atoms with van der Waals surface area (Å²) in [5.74, 6) is 0.902. The second kappa shape index (κ2) is 6.57. The molecule has 4 heteroatoms. The zero-order valence-electron chi connectivity index (χ0n) is 12.0. The first-order chi connectivity index (χ1) is 9.60. The molecule has 1 fully saturated rings. The fourth-order valence-electron chi connectivity index (χ4n) is 2.35. The number of carbonyl (C=O) groups excluding carboxylic acids is 1. The van der Waals surface area contributed by atoms with Crippen LogP contribution >= 0.6 is 0 Å². The Kier molecular flexibility index (Phi) is 4.79. The number of piperidine rings is 1. The highest BCUT2D eigenvalue weighted by atomic mass is 16.5. The van der Waals surface area contributed by atoms with Crippen molar-refractivity contribution in [3.63, 3.8) is 0 Å². The summed E-state index contributed by atoms with van der Waals surface area (Å²) in [4.78, 5) is 13.9. The number of likely N-dealkylation sites (tertiary alicyclic amines) is 1. The van der Waals surface area contributed by atoms with Gasteiger partial charge < -0.3 is 14.7 Å². The maximum Gasteiger partial charge on any atom is 0.246 e. The molecule has 1 aromatic rings. The highest BCUT2D eigenvalue weighted by Gasteiger charge is 2.25. The Bertz CT molecular complexity index is 498. The molecule has 0 radical (unpaired) electrons. The van der Waals surface area contributed by atoms with Crippen LogP contribution in [-0.2, 0) is 4.79 Å². The minimum Gasteiger partial charge on any atom is -0.497 e. The highest BCUT2D eigenvalue weighted by molar-refractivity contribution is 5.91. The molecule has 4 nitrogen and oxygen atoms in total. The molecular formula is C16H21NO3. The summed E-state index contributed by atoms with van der Waals surface area (Å²) in [5.41, 5.74) is 0.933. The van der Waals surface area contributed by atoms with E-state index in [1.54, 1.807) is 24.2 Å². The van der Waals surface area contributed by atoms with E-state index >= 15 is 0 Å². The van der Waals surface area contributed by atoms with Crippen LogP contribution in [0.2, 0.25) is 0 Å². The average molecular weight is 275 g/mol. The SMILES string of the molecule is COc1cccc(/C=C/C(=O)N2CCC(O)C(C)C2)c1. The van der Waals surface area contributed by atoms with Crippen LogP contribution in [0.25, 0.3) is 6.08 Å². The molecule has 1 heterocycles. The van der Waals surface area contributed by atoms with Crippen LogP contribution in [0, 0.1) is 5.92 Å². The Morgan fingerprint density at radius 2 is 2.30 bits per heavy atom.